The van der Waals surface area contributed by atoms with E-state index in [2.05, 4.69) is 0 Å². The summed E-state index contributed by atoms with van der Waals surface area (Å²) in [4.78, 5) is 0. The Hall–Kier alpha value is -1.96. The molecule has 33 heteroatoms. The lowest BCUT2D eigenvalue weighted by Crippen LogP contribution is -2.75. The standard InChI is InChI=1S/C12F26O5S2/c13-1(14,3(17,18)5(21,22)9(29,30)31)2(15,16)4(19,20)7(25,26)11(35,36)44(39,40)43-45(41,42)12(37,38)8(27,28)6(23,24)10(32,33)34. The van der Waals surface area contributed by atoms with Crippen LogP contribution in [0.3, 0.4) is 0 Å². The molecule has 0 unspecified atom stereocenters. The largest absolute Gasteiger partial charge is 0.460 e. The summed E-state index contributed by atoms with van der Waals surface area (Å²) in [6.45, 7) is 0. The van der Waals surface area contributed by atoms with E-state index in [1.807, 2.05) is 0 Å². The third-order valence-corrected chi connectivity index (χ3v) is 7.82. The lowest BCUT2D eigenvalue weighted by Gasteiger charge is -2.42. The molecule has 0 radical (unpaired) electrons. The van der Waals surface area contributed by atoms with Gasteiger partial charge in [0.05, 0.1) is 0 Å². The molecule has 0 bridgehead atoms. The fourth-order valence-corrected chi connectivity index (χ4v) is 4.54. The third-order valence-electron chi connectivity index (χ3n) is 4.62. The molecule has 0 aromatic carbocycles. The van der Waals surface area contributed by atoms with Crippen LogP contribution < -0.4 is 0 Å². The highest BCUT2D eigenvalue weighted by atomic mass is 32.3. The molecule has 0 amide bonds. The second kappa shape index (κ2) is 10.3. The van der Waals surface area contributed by atoms with Crippen LogP contribution in [0.1, 0.15) is 0 Å². The quantitative estimate of drug-likeness (QED) is 0.199. The maximum Gasteiger partial charge on any atom is 0.460 e. The van der Waals surface area contributed by atoms with Gasteiger partial charge in [-0.2, -0.15) is 131 Å². The van der Waals surface area contributed by atoms with Gasteiger partial charge in [-0.1, -0.05) is 0 Å². The van der Waals surface area contributed by atoms with Gasteiger partial charge >= 0.3 is 90.5 Å². The summed E-state index contributed by atoms with van der Waals surface area (Å²) in [7, 11) is -19.1. The first-order valence-electron chi connectivity index (χ1n) is 8.82. The Kier molecular flexibility index (Phi) is 9.82. The van der Waals surface area contributed by atoms with Crippen molar-refractivity contribution in [1.29, 1.82) is 0 Å². The number of alkyl halides is 26. The van der Waals surface area contributed by atoms with Crippen LogP contribution in [0.4, 0.5) is 114 Å². The summed E-state index contributed by atoms with van der Waals surface area (Å²) in [5.41, 5.74) is 0. The molecular formula is C12F26O5S2. The minimum atomic E-state index is -9.66. The van der Waals surface area contributed by atoms with E-state index in [4.69, 9.17) is 0 Å². The van der Waals surface area contributed by atoms with Gasteiger partial charge in [0, 0.05) is 0 Å². The smallest absolute Gasteiger partial charge is 0.192 e. The fraction of sp³-hybridized carbons (Fsp3) is 1.00. The molecule has 0 aliphatic carbocycles. The zero-order chi connectivity index (χ0) is 37.7. The molecule has 45 heavy (non-hydrogen) atoms. The highest BCUT2D eigenvalue weighted by molar-refractivity contribution is 8.00. The maximum absolute atomic E-state index is 13.7. The van der Waals surface area contributed by atoms with E-state index in [9.17, 15) is 131 Å². The molecule has 0 spiro atoms. The average molecular weight is 782 g/mol. The third kappa shape index (κ3) is 5.37. The molecule has 272 valence electrons. The van der Waals surface area contributed by atoms with Crippen molar-refractivity contribution in [3.8, 4) is 0 Å². The highest BCUT2D eigenvalue weighted by Gasteiger charge is 2.97. The normalized spacial score (nSPS) is 17.1. The molecule has 0 atom stereocenters. The summed E-state index contributed by atoms with van der Waals surface area (Å²) in [5.74, 6) is -73.0. The lowest BCUT2D eigenvalue weighted by molar-refractivity contribution is -0.458. The molecule has 0 aliphatic heterocycles. The van der Waals surface area contributed by atoms with Gasteiger partial charge in [0.2, 0.25) is 0 Å². The van der Waals surface area contributed by atoms with Crippen LogP contribution in [0.15, 0.2) is 0 Å². The van der Waals surface area contributed by atoms with Crippen LogP contribution in [0.25, 0.3) is 0 Å². The van der Waals surface area contributed by atoms with Crippen molar-refractivity contribution in [3.05, 3.63) is 0 Å². The molecule has 0 saturated carbocycles. The van der Waals surface area contributed by atoms with Gasteiger partial charge in [-0.15, -0.1) is 3.63 Å². The van der Waals surface area contributed by atoms with E-state index in [-0.39, 0.29) is 0 Å². The monoisotopic (exact) mass is 782 g/mol. The molecule has 0 aromatic heterocycles. The van der Waals surface area contributed by atoms with Crippen LogP contribution in [0, 0.1) is 0 Å². The van der Waals surface area contributed by atoms with E-state index in [1.165, 1.54) is 3.63 Å². The van der Waals surface area contributed by atoms with Crippen molar-refractivity contribution in [1.82, 2.24) is 0 Å². The number of hydrogen-bond donors (Lipinski definition) is 0. The topological polar surface area (TPSA) is 77.5 Å². The molecule has 0 heterocycles. The van der Waals surface area contributed by atoms with Gasteiger partial charge < -0.3 is 0 Å². The zero-order valence-corrected chi connectivity index (χ0v) is 20.3. The van der Waals surface area contributed by atoms with Gasteiger partial charge in [-0.25, -0.2) is 0 Å². The fourth-order valence-electron chi connectivity index (χ4n) is 2.03. The Balaban J connectivity index is 7.28. The molecule has 0 aliphatic rings. The second-order valence-corrected chi connectivity index (χ2v) is 11.0. The maximum atomic E-state index is 13.7. The van der Waals surface area contributed by atoms with E-state index >= 15 is 0 Å². The van der Waals surface area contributed by atoms with Crippen LogP contribution in [0.2, 0.25) is 0 Å². The molecule has 0 rings (SSSR count). The molecule has 0 N–H and O–H groups in total. The van der Waals surface area contributed by atoms with E-state index in [0.29, 0.717) is 0 Å². The van der Waals surface area contributed by atoms with E-state index in [1.54, 1.807) is 0 Å². The second-order valence-electron chi connectivity index (χ2n) is 7.60. The van der Waals surface area contributed by atoms with E-state index in [0.717, 1.165) is 0 Å². The van der Waals surface area contributed by atoms with Crippen LogP contribution in [-0.2, 0) is 23.9 Å². The number of rotatable bonds is 12. The van der Waals surface area contributed by atoms with Crippen LogP contribution >= 0.6 is 0 Å². The van der Waals surface area contributed by atoms with Crippen molar-refractivity contribution in [2.75, 3.05) is 0 Å². The van der Waals surface area contributed by atoms with Crippen molar-refractivity contribution in [3.63, 3.8) is 0 Å². The molecule has 0 saturated heterocycles. The van der Waals surface area contributed by atoms with Crippen molar-refractivity contribution in [2.24, 2.45) is 0 Å². The molecule has 0 aromatic rings. The van der Waals surface area contributed by atoms with Gasteiger partial charge in [0.1, 0.15) is 0 Å². The molecular weight excluding hydrogens is 782 g/mol. The minimum Gasteiger partial charge on any atom is -0.192 e. The SMILES string of the molecule is O=S(=O)(OS(=O)(=O)C(F)(F)C(F)(F)C(F)(F)C(F)(F)C(F)(F)C(F)(F)C(F)(F)C(F)(F)F)C(F)(F)C(F)(F)C(F)(F)C(F)(F)F. The summed E-state index contributed by atoms with van der Waals surface area (Å²) in [6, 6.07) is 0. The van der Waals surface area contributed by atoms with Crippen molar-refractivity contribution in [2.45, 2.75) is 70.2 Å². The lowest BCUT2D eigenvalue weighted by atomic mass is 9.91. The Morgan fingerprint density at radius 2 is 0.422 bits per heavy atom. The predicted molar refractivity (Wildman–Crippen MR) is 80.5 cm³/mol. The van der Waals surface area contributed by atoms with Gasteiger partial charge in [0.15, 0.2) is 0 Å². The Morgan fingerprint density at radius 3 is 0.644 bits per heavy atom. The summed E-state index contributed by atoms with van der Waals surface area (Å²) in [5, 5.41) is -17.8. The molecule has 5 nitrogen and oxygen atoms in total. The van der Waals surface area contributed by atoms with Gasteiger partial charge in [0.25, 0.3) is 0 Å². The van der Waals surface area contributed by atoms with E-state index < -0.39 is 90.5 Å². The van der Waals surface area contributed by atoms with Crippen LogP contribution in [0.5, 0.6) is 0 Å². The first-order valence-corrected chi connectivity index (χ1v) is 11.6. The Bertz CT molecular complexity index is 1330. The minimum absolute atomic E-state index is 1.20. The van der Waals surface area contributed by atoms with Gasteiger partial charge in [-0.3, -0.25) is 0 Å². The average Bonchev–Trinajstić information content (AvgIpc) is 2.75. The Morgan fingerprint density at radius 1 is 0.267 bits per heavy atom. The summed E-state index contributed by atoms with van der Waals surface area (Å²) >= 11 is 0. The zero-order valence-electron chi connectivity index (χ0n) is 18.7. The van der Waals surface area contributed by atoms with Crippen LogP contribution in [-0.4, -0.2) is 87.1 Å². The predicted octanol–water partition coefficient (Wildman–Crippen LogP) is 7.06. The summed E-state index contributed by atoms with van der Waals surface area (Å²) < 4.78 is 382. The number of hydrogen-bond acceptors (Lipinski definition) is 5. The van der Waals surface area contributed by atoms with Crippen molar-refractivity contribution >= 4 is 20.2 Å². The number of halogens is 26. The Labute approximate surface area is 226 Å². The highest BCUT2D eigenvalue weighted by Crippen LogP contribution is 2.65. The van der Waals surface area contributed by atoms with Gasteiger partial charge in [-0.05, 0) is 0 Å². The first kappa shape index (κ1) is 43.0. The summed E-state index contributed by atoms with van der Waals surface area (Å²) in [6.07, 6.45) is -16.3. The van der Waals surface area contributed by atoms with Crippen molar-refractivity contribution < 1.29 is 135 Å². The first-order chi connectivity index (χ1) is 18.7. The molecule has 0 fully saturated rings.